The Morgan fingerprint density at radius 2 is 1.84 bits per heavy atom. The molecule has 1 aliphatic heterocycles. The summed E-state index contributed by atoms with van der Waals surface area (Å²) in [5.74, 6) is 2.40. The Bertz CT molecular complexity index is 1590. The quantitative estimate of drug-likeness (QED) is 0.187. The number of benzene rings is 2. The molecule has 11 nitrogen and oxygen atoms in total. The maximum absolute atomic E-state index is 13.1. The van der Waals surface area contributed by atoms with E-state index in [9.17, 15) is 9.59 Å². The lowest BCUT2D eigenvalue weighted by Gasteiger charge is -2.15. The zero-order valence-electron chi connectivity index (χ0n) is 25.8. The molecule has 1 saturated heterocycles. The predicted molar refractivity (Wildman–Crippen MR) is 170 cm³/mol. The van der Waals surface area contributed by atoms with Gasteiger partial charge >= 0.3 is 6.03 Å². The van der Waals surface area contributed by atoms with Crippen LogP contribution in [0.5, 0.6) is 11.6 Å². The van der Waals surface area contributed by atoms with Crippen LogP contribution in [0.1, 0.15) is 56.9 Å². The van der Waals surface area contributed by atoms with Crippen molar-refractivity contribution in [3.8, 4) is 17.3 Å². The molecule has 0 unspecified atom stereocenters. The molecular formula is C33H40N8O3. The Hall–Kier alpha value is -4.93. The number of urea groups is 1. The fourth-order valence-corrected chi connectivity index (χ4v) is 4.84. The summed E-state index contributed by atoms with van der Waals surface area (Å²) in [6.07, 6.45) is 3.86. The van der Waals surface area contributed by atoms with Gasteiger partial charge in [0.15, 0.2) is 0 Å². The highest BCUT2D eigenvalue weighted by molar-refractivity contribution is 5.88. The zero-order chi connectivity index (χ0) is 31.1. The van der Waals surface area contributed by atoms with Crippen LogP contribution >= 0.6 is 0 Å². The summed E-state index contributed by atoms with van der Waals surface area (Å²) in [5.41, 5.74) is 3.47. The first-order chi connectivity index (χ1) is 21.2. The second-order valence-electron chi connectivity index (χ2n) is 11.9. The van der Waals surface area contributed by atoms with Crippen molar-refractivity contribution in [2.24, 2.45) is 0 Å². The van der Waals surface area contributed by atoms with Gasteiger partial charge in [-0.25, -0.2) is 19.4 Å². The first-order valence-electron chi connectivity index (χ1n) is 15.0. The van der Waals surface area contributed by atoms with Crippen LogP contribution in [0.4, 0.5) is 16.4 Å². The number of aromatic nitrogens is 4. The average Bonchev–Trinajstić information content (AvgIpc) is 3.61. The Morgan fingerprint density at radius 3 is 2.59 bits per heavy atom. The first kappa shape index (κ1) is 30.5. The molecule has 44 heavy (non-hydrogen) atoms. The third kappa shape index (κ3) is 7.91. The summed E-state index contributed by atoms with van der Waals surface area (Å²) in [5, 5.41) is 14.0. The highest BCUT2D eigenvalue weighted by Crippen LogP contribution is 2.27. The maximum Gasteiger partial charge on any atom is 0.320 e. The number of aryl methyl sites for hydroxylation is 1. The molecule has 3 N–H and O–H groups in total. The van der Waals surface area contributed by atoms with Crippen molar-refractivity contribution in [2.45, 2.75) is 58.9 Å². The molecule has 0 aliphatic carbocycles. The molecule has 1 fully saturated rings. The molecule has 11 heteroatoms. The SMILES string of the molecule is Cc1ccc(-n2nc(C(C)(C)C)cc2NC(=O)NCc2ccccc2Oc2cc(NCCCN3CCCC3=O)ncn2)cc1. The standard InChI is InChI=1S/C33H40N8O3/c1-23-12-14-25(15-13-23)41-29(19-27(39-41)33(2,3)4)38-32(43)35-21-24-9-5-6-10-26(24)44-30-20-28(36-22-37-30)34-16-8-18-40-17-7-11-31(40)42/h5-6,9-10,12-15,19-20,22H,7-8,11,16-18,21H2,1-4H3,(H,34,36,37)(H2,35,38,43). The average molecular weight is 597 g/mol. The molecule has 0 atom stereocenters. The molecule has 0 radical (unpaired) electrons. The minimum atomic E-state index is -0.363. The van der Waals surface area contributed by atoms with E-state index >= 15 is 0 Å². The number of ether oxygens (including phenoxy) is 1. The van der Waals surface area contributed by atoms with Gasteiger partial charge in [0, 0.05) is 55.7 Å². The van der Waals surface area contributed by atoms with E-state index in [0.717, 1.165) is 48.4 Å². The summed E-state index contributed by atoms with van der Waals surface area (Å²) < 4.78 is 7.85. The molecule has 0 bridgehead atoms. The fourth-order valence-electron chi connectivity index (χ4n) is 4.84. The van der Waals surface area contributed by atoms with Crippen LogP contribution in [0.25, 0.3) is 5.69 Å². The minimum Gasteiger partial charge on any atom is -0.438 e. The van der Waals surface area contributed by atoms with E-state index in [1.54, 1.807) is 10.7 Å². The predicted octanol–water partition coefficient (Wildman–Crippen LogP) is 5.81. The van der Waals surface area contributed by atoms with Crippen LogP contribution in [0.2, 0.25) is 0 Å². The highest BCUT2D eigenvalue weighted by atomic mass is 16.5. The van der Waals surface area contributed by atoms with Crippen molar-refractivity contribution in [1.29, 1.82) is 0 Å². The van der Waals surface area contributed by atoms with Gasteiger partial charge < -0.3 is 20.3 Å². The van der Waals surface area contributed by atoms with Crippen LogP contribution in [0, 0.1) is 6.92 Å². The van der Waals surface area contributed by atoms with Crippen molar-refractivity contribution in [1.82, 2.24) is 30.0 Å². The lowest BCUT2D eigenvalue weighted by molar-refractivity contribution is -0.127. The van der Waals surface area contributed by atoms with Crippen LogP contribution in [-0.2, 0) is 16.8 Å². The number of nitrogens with one attached hydrogen (secondary N) is 3. The van der Waals surface area contributed by atoms with Gasteiger partial charge in [-0.2, -0.15) is 5.10 Å². The van der Waals surface area contributed by atoms with Gasteiger partial charge in [0.05, 0.1) is 11.4 Å². The van der Waals surface area contributed by atoms with Gasteiger partial charge in [-0.05, 0) is 38.0 Å². The van der Waals surface area contributed by atoms with Gasteiger partial charge in [-0.15, -0.1) is 0 Å². The number of nitrogens with zero attached hydrogens (tertiary/aromatic N) is 5. The molecular weight excluding hydrogens is 556 g/mol. The van der Waals surface area contributed by atoms with E-state index in [0.29, 0.717) is 36.2 Å². The number of amides is 3. The number of para-hydroxylation sites is 1. The van der Waals surface area contributed by atoms with E-state index < -0.39 is 0 Å². The minimum absolute atomic E-state index is 0.191. The molecule has 0 spiro atoms. The third-order valence-electron chi connectivity index (χ3n) is 7.35. The Kier molecular flexibility index (Phi) is 9.42. The van der Waals surface area contributed by atoms with Crippen LogP contribution in [-0.4, -0.2) is 56.2 Å². The van der Waals surface area contributed by atoms with Crippen molar-refractivity contribution in [2.75, 3.05) is 30.3 Å². The molecule has 3 heterocycles. The van der Waals surface area contributed by atoms with Crippen LogP contribution in [0.15, 0.2) is 67.0 Å². The van der Waals surface area contributed by atoms with E-state index in [1.165, 1.54) is 6.33 Å². The van der Waals surface area contributed by atoms with Gasteiger partial charge in [-0.1, -0.05) is 56.7 Å². The molecule has 1 aliphatic rings. The number of carbonyl (C=O) groups excluding carboxylic acids is 2. The molecule has 2 aromatic heterocycles. The maximum atomic E-state index is 13.1. The van der Waals surface area contributed by atoms with E-state index in [4.69, 9.17) is 9.84 Å². The Morgan fingerprint density at radius 1 is 1.05 bits per heavy atom. The fraction of sp³-hybridized carbons (Fsp3) is 0.364. The third-order valence-corrected chi connectivity index (χ3v) is 7.35. The van der Waals surface area contributed by atoms with Crippen molar-refractivity contribution >= 4 is 23.6 Å². The summed E-state index contributed by atoms with van der Waals surface area (Å²) in [6.45, 7) is 10.8. The summed E-state index contributed by atoms with van der Waals surface area (Å²) in [6, 6.07) is 18.8. The molecule has 230 valence electrons. The number of carbonyl (C=O) groups is 2. The molecule has 5 rings (SSSR count). The second kappa shape index (κ2) is 13.6. The molecule has 3 amide bonds. The smallest absolute Gasteiger partial charge is 0.320 e. The van der Waals surface area contributed by atoms with Crippen LogP contribution in [0.3, 0.4) is 0 Å². The molecule has 4 aromatic rings. The van der Waals surface area contributed by atoms with E-state index in [1.807, 2.05) is 66.4 Å². The van der Waals surface area contributed by atoms with Crippen molar-refractivity contribution in [3.05, 3.63) is 83.8 Å². The van der Waals surface area contributed by atoms with Crippen molar-refractivity contribution in [3.63, 3.8) is 0 Å². The number of hydrogen-bond donors (Lipinski definition) is 3. The monoisotopic (exact) mass is 596 g/mol. The zero-order valence-corrected chi connectivity index (χ0v) is 25.8. The van der Waals surface area contributed by atoms with E-state index in [2.05, 4.69) is 46.7 Å². The number of likely N-dealkylation sites (tertiary alicyclic amines) is 1. The second-order valence-corrected chi connectivity index (χ2v) is 11.9. The number of anilines is 2. The highest BCUT2D eigenvalue weighted by Gasteiger charge is 2.22. The lowest BCUT2D eigenvalue weighted by Crippen LogP contribution is -2.29. The normalized spacial score (nSPS) is 13.2. The Labute approximate surface area is 258 Å². The van der Waals surface area contributed by atoms with Gasteiger partial charge in [0.25, 0.3) is 0 Å². The summed E-state index contributed by atoms with van der Waals surface area (Å²) in [4.78, 5) is 35.3. The molecule has 2 aromatic carbocycles. The van der Waals surface area contributed by atoms with Gasteiger partial charge in [0.1, 0.15) is 23.7 Å². The Balaban J connectivity index is 1.19. The summed E-state index contributed by atoms with van der Waals surface area (Å²) >= 11 is 0. The van der Waals surface area contributed by atoms with E-state index in [-0.39, 0.29) is 23.9 Å². The first-order valence-corrected chi connectivity index (χ1v) is 15.0. The molecule has 0 saturated carbocycles. The van der Waals surface area contributed by atoms with Crippen molar-refractivity contribution < 1.29 is 14.3 Å². The number of rotatable bonds is 11. The largest absolute Gasteiger partial charge is 0.438 e. The topological polar surface area (TPSA) is 126 Å². The number of hydrogen-bond acceptors (Lipinski definition) is 7. The lowest BCUT2D eigenvalue weighted by atomic mass is 9.92. The van der Waals surface area contributed by atoms with Gasteiger partial charge in [0.2, 0.25) is 11.8 Å². The van der Waals surface area contributed by atoms with Crippen LogP contribution < -0.4 is 20.7 Å². The summed E-state index contributed by atoms with van der Waals surface area (Å²) in [7, 11) is 0. The van der Waals surface area contributed by atoms with Gasteiger partial charge in [-0.3, -0.25) is 10.1 Å².